The molecule has 4 rings (SSSR count). The van der Waals surface area contributed by atoms with Crippen LogP contribution in [-0.2, 0) is 6.54 Å². The fourth-order valence-corrected chi connectivity index (χ4v) is 3.71. The van der Waals surface area contributed by atoms with Gasteiger partial charge in [-0.15, -0.1) is 0 Å². The molecular formula is C19H21ClFN5. The van der Waals surface area contributed by atoms with Gasteiger partial charge in [-0.3, -0.25) is 0 Å². The van der Waals surface area contributed by atoms with Gasteiger partial charge in [0.2, 0.25) is 5.95 Å². The Hall–Kier alpha value is -2.18. The van der Waals surface area contributed by atoms with Crippen LogP contribution in [0.5, 0.6) is 0 Å². The molecule has 26 heavy (non-hydrogen) atoms. The number of hydrogen-bond donors (Lipinski definition) is 1. The van der Waals surface area contributed by atoms with E-state index in [0.717, 1.165) is 48.9 Å². The molecule has 136 valence electrons. The zero-order valence-electron chi connectivity index (χ0n) is 14.9. The Morgan fingerprint density at radius 2 is 1.92 bits per heavy atom. The van der Waals surface area contributed by atoms with Crippen LogP contribution < -0.4 is 10.2 Å². The maximum Gasteiger partial charge on any atom is 0.207 e. The molecule has 1 aromatic carbocycles. The van der Waals surface area contributed by atoms with E-state index >= 15 is 0 Å². The minimum Gasteiger partial charge on any atom is -0.340 e. The number of hydrogen-bond acceptors (Lipinski definition) is 4. The predicted octanol–water partition coefficient (Wildman–Crippen LogP) is 3.30. The number of rotatable bonds is 3. The zero-order chi connectivity index (χ0) is 18.3. The Kier molecular flexibility index (Phi) is 4.54. The Balaban J connectivity index is 1.85. The average Bonchev–Trinajstić information content (AvgIpc) is 2.98. The van der Waals surface area contributed by atoms with E-state index < -0.39 is 0 Å². The molecular weight excluding hydrogens is 353 g/mol. The van der Waals surface area contributed by atoms with E-state index in [4.69, 9.17) is 16.6 Å². The highest BCUT2D eigenvalue weighted by atomic mass is 35.5. The fraction of sp³-hybridized carbons (Fsp3) is 0.368. The molecule has 0 spiro atoms. The third-order valence-electron chi connectivity index (χ3n) is 4.77. The average molecular weight is 374 g/mol. The van der Waals surface area contributed by atoms with Crippen molar-refractivity contribution in [1.29, 1.82) is 0 Å². The topological polar surface area (TPSA) is 46.0 Å². The van der Waals surface area contributed by atoms with Crippen molar-refractivity contribution in [1.82, 2.24) is 19.9 Å². The van der Waals surface area contributed by atoms with Crippen molar-refractivity contribution < 1.29 is 4.39 Å². The van der Waals surface area contributed by atoms with Crippen LogP contribution in [0.25, 0.3) is 11.0 Å². The van der Waals surface area contributed by atoms with Gasteiger partial charge in [0.25, 0.3) is 0 Å². The molecule has 1 saturated heterocycles. The molecule has 1 N–H and O–H groups in total. The highest BCUT2D eigenvalue weighted by Crippen LogP contribution is 2.29. The van der Waals surface area contributed by atoms with Crippen LogP contribution in [0.4, 0.5) is 10.3 Å². The summed E-state index contributed by atoms with van der Waals surface area (Å²) in [5, 5.41) is 3.78. The standard InChI is InChI=1S/C19H21ClFN5/c1-12-9-14(3-4-15(12)21)11-26-16-10-13(2)23-18(20)17(16)24-19(26)25-7-5-22-6-8-25/h3-4,9-10,22H,5-8,11H2,1-2H3. The number of anilines is 1. The third-order valence-corrected chi connectivity index (χ3v) is 5.03. The number of fused-ring (bicyclic) bond motifs is 1. The highest BCUT2D eigenvalue weighted by Gasteiger charge is 2.21. The Labute approximate surface area is 156 Å². The number of nitrogens with zero attached hydrogens (tertiary/aromatic N) is 4. The van der Waals surface area contributed by atoms with Gasteiger partial charge in [0.1, 0.15) is 11.3 Å². The second-order valence-corrected chi connectivity index (χ2v) is 7.10. The Morgan fingerprint density at radius 3 is 2.65 bits per heavy atom. The van der Waals surface area contributed by atoms with E-state index in [9.17, 15) is 4.39 Å². The van der Waals surface area contributed by atoms with Gasteiger partial charge in [0.15, 0.2) is 5.15 Å². The van der Waals surface area contributed by atoms with Gasteiger partial charge >= 0.3 is 0 Å². The Bertz CT molecular complexity index is 962. The molecule has 1 aliphatic heterocycles. The van der Waals surface area contributed by atoms with Gasteiger partial charge in [-0.1, -0.05) is 23.7 Å². The van der Waals surface area contributed by atoms with Gasteiger partial charge in [-0.2, -0.15) is 0 Å². The van der Waals surface area contributed by atoms with Crippen molar-refractivity contribution in [2.75, 3.05) is 31.1 Å². The monoisotopic (exact) mass is 373 g/mol. The van der Waals surface area contributed by atoms with Crippen molar-refractivity contribution in [3.8, 4) is 0 Å². The van der Waals surface area contributed by atoms with Crippen molar-refractivity contribution in [2.45, 2.75) is 20.4 Å². The number of piperazine rings is 1. The number of halogens is 2. The molecule has 0 aliphatic carbocycles. The lowest BCUT2D eigenvalue weighted by atomic mass is 10.1. The second kappa shape index (κ2) is 6.85. The summed E-state index contributed by atoms with van der Waals surface area (Å²) in [4.78, 5) is 11.4. The third kappa shape index (κ3) is 3.15. The molecule has 0 amide bonds. The van der Waals surface area contributed by atoms with E-state index in [-0.39, 0.29) is 5.82 Å². The molecule has 0 unspecified atom stereocenters. The van der Waals surface area contributed by atoms with E-state index in [1.165, 1.54) is 6.07 Å². The fourth-order valence-electron chi connectivity index (χ4n) is 3.44. The molecule has 0 atom stereocenters. The maximum absolute atomic E-state index is 13.6. The van der Waals surface area contributed by atoms with Crippen LogP contribution in [0.15, 0.2) is 24.3 Å². The van der Waals surface area contributed by atoms with Crippen LogP contribution in [-0.4, -0.2) is 40.7 Å². The van der Waals surface area contributed by atoms with E-state index in [0.29, 0.717) is 22.8 Å². The van der Waals surface area contributed by atoms with E-state index in [1.807, 2.05) is 25.1 Å². The summed E-state index contributed by atoms with van der Waals surface area (Å²) in [5.74, 6) is 0.701. The number of imidazole rings is 1. The number of aryl methyl sites for hydroxylation is 2. The number of aromatic nitrogens is 3. The van der Waals surface area contributed by atoms with Crippen LogP contribution in [0.3, 0.4) is 0 Å². The van der Waals surface area contributed by atoms with E-state index in [1.54, 1.807) is 6.92 Å². The second-order valence-electron chi connectivity index (χ2n) is 6.74. The first kappa shape index (κ1) is 17.2. The summed E-state index contributed by atoms with van der Waals surface area (Å²) in [7, 11) is 0. The molecule has 0 saturated carbocycles. The zero-order valence-corrected chi connectivity index (χ0v) is 15.6. The minimum atomic E-state index is -0.186. The lowest BCUT2D eigenvalue weighted by Gasteiger charge is -2.29. The molecule has 7 heteroatoms. The minimum absolute atomic E-state index is 0.186. The van der Waals surface area contributed by atoms with Gasteiger partial charge in [0.05, 0.1) is 12.1 Å². The summed E-state index contributed by atoms with van der Waals surface area (Å²) in [6.45, 7) is 7.93. The van der Waals surface area contributed by atoms with Crippen LogP contribution >= 0.6 is 11.6 Å². The normalized spacial score (nSPS) is 15.0. The SMILES string of the molecule is Cc1cc2c(nc(N3CCNCC3)n2Cc2ccc(F)c(C)c2)c(Cl)n1. The molecule has 0 radical (unpaired) electrons. The summed E-state index contributed by atoms with van der Waals surface area (Å²) >= 11 is 6.37. The maximum atomic E-state index is 13.6. The van der Waals surface area contributed by atoms with Crippen molar-refractivity contribution in [3.05, 3.63) is 52.1 Å². The quantitative estimate of drug-likeness (QED) is 0.715. The molecule has 1 aliphatic rings. The summed E-state index contributed by atoms with van der Waals surface area (Å²) in [6, 6.07) is 7.24. The summed E-state index contributed by atoms with van der Waals surface area (Å²) in [6.07, 6.45) is 0. The molecule has 2 aromatic heterocycles. The first-order valence-electron chi connectivity index (χ1n) is 8.77. The lowest BCUT2D eigenvalue weighted by Crippen LogP contribution is -2.44. The smallest absolute Gasteiger partial charge is 0.207 e. The first-order valence-corrected chi connectivity index (χ1v) is 9.15. The van der Waals surface area contributed by atoms with Gasteiger partial charge in [0, 0.05) is 31.9 Å². The Morgan fingerprint density at radius 1 is 1.15 bits per heavy atom. The van der Waals surface area contributed by atoms with Crippen LogP contribution in [0.2, 0.25) is 5.15 Å². The van der Waals surface area contributed by atoms with Crippen molar-refractivity contribution in [3.63, 3.8) is 0 Å². The number of benzene rings is 1. The summed E-state index contributed by atoms with van der Waals surface area (Å²) < 4.78 is 15.8. The molecule has 3 aromatic rings. The molecule has 3 heterocycles. The van der Waals surface area contributed by atoms with Crippen LogP contribution in [0, 0.1) is 19.7 Å². The highest BCUT2D eigenvalue weighted by molar-refractivity contribution is 6.33. The first-order chi connectivity index (χ1) is 12.5. The lowest BCUT2D eigenvalue weighted by molar-refractivity contribution is 0.571. The molecule has 1 fully saturated rings. The van der Waals surface area contributed by atoms with E-state index in [2.05, 4.69) is 19.8 Å². The van der Waals surface area contributed by atoms with Crippen molar-refractivity contribution in [2.24, 2.45) is 0 Å². The molecule has 5 nitrogen and oxygen atoms in total. The number of nitrogens with one attached hydrogen (secondary N) is 1. The summed E-state index contributed by atoms with van der Waals surface area (Å²) in [5.41, 5.74) is 4.20. The molecule has 0 bridgehead atoms. The largest absolute Gasteiger partial charge is 0.340 e. The van der Waals surface area contributed by atoms with Gasteiger partial charge in [-0.25, -0.2) is 14.4 Å². The van der Waals surface area contributed by atoms with Gasteiger partial charge < -0.3 is 14.8 Å². The predicted molar refractivity (Wildman–Crippen MR) is 103 cm³/mol. The van der Waals surface area contributed by atoms with Crippen molar-refractivity contribution >= 4 is 28.6 Å². The van der Waals surface area contributed by atoms with Gasteiger partial charge in [-0.05, 0) is 37.1 Å². The van der Waals surface area contributed by atoms with Crippen LogP contribution in [0.1, 0.15) is 16.8 Å². The number of pyridine rings is 1.